The molecule has 38 heavy (non-hydrogen) atoms. The van der Waals surface area contributed by atoms with E-state index < -0.39 is 63.5 Å². The van der Waals surface area contributed by atoms with Gasteiger partial charge >= 0.3 is 22.2 Å². The van der Waals surface area contributed by atoms with E-state index in [-0.39, 0.29) is 15.1 Å². The number of carbonyl (C=O) groups excluding carboxylic acids is 2. The number of carboxylic acids is 2. The molecule has 2 heterocycles. The zero-order valence-electron chi connectivity index (χ0n) is 20.7. The summed E-state index contributed by atoms with van der Waals surface area (Å²) in [6, 6.07) is -3.03. The van der Waals surface area contributed by atoms with E-state index in [0.29, 0.717) is 13.0 Å². The first-order valence-corrected chi connectivity index (χ1v) is 13.2. The monoisotopic (exact) mass is 581 g/mol. The van der Waals surface area contributed by atoms with E-state index in [1.165, 1.54) is 26.2 Å². The maximum atomic E-state index is 12.6. The second-order valence-corrected chi connectivity index (χ2v) is 10.6. The number of thiazole rings is 1. The Morgan fingerprint density at radius 1 is 1.32 bits per heavy atom. The van der Waals surface area contributed by atoms with Crippen LogP contribution in [-0.2, 0) is 34.3 Å². The van der Waals surface area contributed by atoms with Crippen molar-refractivity contribution >= 4 is 56.2 Å². The summed E-state index contributed by atoms with van der Waals surface area (Å²) in [5.74, 6) is -4.31. The Morgan fingerprint density at radius 2 is 1.92 bits per heavy atom. The van der Waals surface area contributed by atoms with Crippen LogP contribution in [0.4, 0.5) is 5.13 Å². The van der Waals surface area contributed by atoms with Crippen molar-refractivity contribution in [3.05, 3.63) is 11.1 Å². The highest BCUT2D eigenvalue weighted by Gasteiger charge is 2.51. The molecule has 1 aromatic heterocycles. The molecule has 1 aliphatic heterocycles. The minimum atomic E-state index is -4.76. The predicted molar refractivity (Wildman–Crippen MR) is 134 cm³/mol. The van der Waals surface area contributed by atoms with Crippen LogP contribution in [0.2, 0.25) is 0 Å². The van der Waals surface area contributed by atoms with Crippen molar-refractivity contribution < 1.29 is 47.2 Å². The van der Waals surface area contributed by atoms with Gasteiger partial charge in [0, 0.05) is 5.38 Å². The summed E-state index contributed by atoms with van der Waals surface area (Å²) in [5.41, 5.74) is 13.7. The number of nitrogen functional groups attached to an aromatic ring is 1. The zero-order chi connectivity index (χ0) is 29.4. The van der Waals surface area contributed by atoms with E-state index >= 15 is 0 Å². The largest absolute Gasteiger partial charge is 0.480 e. The molecule has 0 spiro atoms. The van der Waals surface area contributed by atoms with E-state index in [1.807, 2.05) is 0 Å². The van der Waals surface area contributed by atoms with Crippen LogP contribution in [-0.4, -0.2) is 92.2 Å². The first-order valence-electron chi connectivity index (χ1n) is 10.9. The van der Waals surface area contributed by atoms with Crippen LogP contribution in [0.3, 0.4) is 0 Å². The van der Waals surface area contributed by atoms with Gasteiger partial charge in [0.05, 0.1) is 6.04 Å². The van der Waals surface area contributed by atoms with Gasteiger partial charge in [0.15, 0.2) is 10.8 Å². The third-order valence-electron chi connectivity index (χ3n) is 5.02. The highest BCUT2D eigenvalue weighted by Crippen LogP contribution is 2.23. The fraction of sp³-hybridized carbons (Fsp3) is 0.579. The van der Waals surface area contributed by atoms with Gasteiger partial charge in [-0.25, -0.2) is 14.1 Å². The fourth-order valence-corrected chi connectivity index (χ4v) is 4.18. The molecule has 1 aromatic rings. The maximum Gasteiger partial charge on any atom is 0.362 e. The lowest BCUT2D eigenvalue weighted by Gasteiger charge is -2.42. The number of carbonyl (C=O) groups is 4. The second kappa shape index (κ2) is 13.4. The minimum absolute atomic E-state index is 0.0350. The predicted octanol–water partition coefficient (Wildman–Crippen LogP) is -1.65. The lowest BCUT2D eigenvalue weighted by atomic mass is 10.0. The van der Waals surface area contributed by atoms with Gasteiger partial charge in [-0.05, 0) is 40.2 Å². The third kappa shape index (κ3) is 8.87. The second-order valence-electron chi connectivity index (χ2n) is 8.45. The molecular formula is C19H31N7O10S2. The number of amides is 2. The molecule has 2 rings (SSSR count). The van der Waals surface area contributed by atoms with E-state index in [1.54, 1.807) is 0 Å². The third-order valence-corrected chi connectivity index (χ3v) is 6.70. The Labute approximate surface area is 221 Å². The lowest BCUT2D eigenvalue weighted by molar-refractivity contribution is -0.161. The normalized spacial score (nSPS) is 18.5. The molecule has 1 saturated heterocycles. The van der Waals surface area contributed by atoms with Gasteiger partial charge in [0.1, 0.15) is 17.8 Å². The van der Waals surface area contributed by atoms with Crippen molar-refractivity contribution in [3.8, 4) is 0 Å². The number of aliphatic carboxylic acids is 2. The van der Waals surface area contributed by atoms with Crippen molar-refractivity contribution in [3.63, 3.8) is 0 Å². The number of hydrogen-bond acceptors (Lipinski definition) is 13. The van der Waals surface area contributed by atoms with Crippen molar-refractivity contribution in [1.29, 1.82) is 0 Å². The van der Waals surface area contributed by atoms with Gasteiger partial charge in [-0.1, -0.05) is 11.6 Å². The van der Waals surface area contributed by atoms with Crippen LogP contribution >= 0.6 is 11.3 Å². The fourth-order valence-electron chi connectivity index (χ4n) is 2.74. The molecule has 1 fully saturated rings. The van der Waals surface area contributed by atoms with E-state index in [2.05, 4.69) is 15.5 Å². The molecular weight excluding hydrogens is 550 g/mol. The number of β-lactam (4-membered cyclic amide) rings is 1. The van der Waals surface area contributed by atoms with Gasteiger partial charge < -0.3 is 37.6 Å². The molecule has 3 atom stereocenters. The van der Waals surface area contributed by atoms with Gasteiger partial charge in [0.2, 0.25) is 5.60 Å². The Bertz CT molecular complexity index is 1170. The molecule has 0 radical (unpaired) electrons. The number of rotatable bonds is 12. The van der Waals surface area contributed by atoms with Crippen molar-refractivity contribution in [2.24, 2.45) is 16.6 Å². The number of oxime groups is 1. The Kier molecular flexibility index (Phi) is 11.5. The summed E-state index contributed by atoms with van der Waals surface area (Å²) >= 11 is 0.980. The summed E-state index contributed by atoms with van der Waals surface area (Å²) in [7, 11) is -4.76. The molecule has 0 bridgehead atoms. The SMILES string of the molecule is C[C@H]1[C@H](NC(=O)/C(=N\OC(C)(C)C(=O)O)c2csc(N)n2)C(=O)N1S(=O)(=O)O.NCCCC[C@H](N)C(=O)O. The summed E-state index contributed by atoms with van der Waals surface area (Å²) < 4.78 is 31.4. The van der Waals surface area contributed by atoms with E-state index in [9.17, 15) is 27.6 Å². The van der Waals surface area contributed by atoms with Crippen LogP contribution in [0.25, 0.3) is 0 Å². The Balaban J connectivity index is 0.000000612. The smallest absolute Gasteiger partial charge is 0.362 e. The first-order chi connectivity index (χ1) is 17.4. The van der Waals surface area contributed by atoms with Crippen LogP contribution < -0.4 is 22.5 Å². The zero-order valence-corrected chi connectivity index (χ0v) is 22.4. The van der Waals surface area contributed by atoms with Gasteiger partial charge in [-0.3, -0.25) is 18.9 Å². The molecule has 17 nitrogen and oxygen atoms in total. The average Bonchev–Trinajstić information content (AvgIpc) is 3.22. The van der Waals surface area contributed by atoms with E-state index in [4.69, 9.17) is 36.8 Å². The average molecular weight is 582 g/mol. The number of nitrogens with zero attached hydrogens (tertiary/aromatic N) is 3. The van der Waals surface area contributed by atoms with Crippen molar-refractivity contribution in [2.75, 3.05) is 12.3 Å². The number of carboxylic acid groups (broad SMARTS) is 2. The summed E-state index contributed by atoms with van der Waals surface area (Å²) in [4.78, 5) is 54.5. The molecule has 214 valence electrons. The maximum absolute atomic E-state index is 12.6. The number of nitrogens with one attached hydrogen (secondary N) is 1. The molecule has 0 aliphatic carbocycles. The minimum Gasteiger partial charge on any atom is -0.480 e. The number of unbranched alkanes of at least 4 members (excludes halogenated alkanes) is 1. The molecule has 10 N–H and O–H groups in total. The molecule has 0 aromatic carbocycles. The van der Waals surface area contributed by atoms with Crippen LogP contribution in [0.15, 0.2) is 10.5 Å². The van der Waals surface area contributed by atoms with Crippen LogP contribution in [0.5, 0.6) is 0 Å². The number of anilines is 1. The molecule has 1 aliphatic rings. The lowest BCUT2D eigenvalue weighted by Crippen LogP contribution is -2.71. The molecule has 2 amide bonds. The highest BCUT2D eigenvalue weighted by atomic mass is 32.2. The number of aromatic nitrogens is 1. The number of nitrogens with two attached hydrogens (primary N) is 3. The molecule has 19 heteroatoms. The standard InChI is InChI=1S/C13H17N5O8S2.C6H14N2O2/c1-5-7(10(20)18(5)28(23,24)25)16-9(19)8(6-4-27-12(14)15-6)17-26-13(2,3)11(21)22;7-4-2-1-3-5(8)6(9)10/h4-5,7H,1-3H3,(H2,14,15)(H,16,19)(H,21,22)(H,23,24,25);5H,1-4,7-8H2,(H,9,10)/b17-8-;/t5-,7-;5-/m00/s1. The molecule has 0 unspecified atom stereocenters. The van der Waals surface area contributed by atoms with Crippen LogP contribution in [0.1, 0.15) is 45.7 Å². The quantitative estimate of drug-likeness (QED) is 0.0479. The summed E-state index contributed by atoms with van der Waals surface area (Å²) in [6.07, 6.45) is 2.16. The molecule has 0 saturated carbocycles. The van der Waals surface area contributed by atoms with Gasteiger partial charge in [0.25, 0.3) is 11.8 Å². The highest BCUT2D eigenvalue weighted by molar-refractivity contribution is 7.84. The topological polar surface area (TPSA) is 291 Å². The summed E-state index contributed by atoms with van der Waals surface area (Å²) in [5, 5.41) is 24.7. The number of hydrogen-bond donors (Lipinski definition) is 7. The summed E-state index contributed by atoms with van der Waals surface area (Å²) in [6.45, 7) is 4.30. The Hall–Kier alpha value is -3.39. The van der Waals surface area contributed by atoms with Gasteiger partial charge in [-0.2, -0.15) is 8.42 Å². The van der Waals surface area contributed by atoms with E-state index in [0.717, 1.165) is 24.2 Å². The van der Waals surface area contributed by atoms with Gasteiger partial charge in [-0.15, -0.1) is 11.3 Å². The first kappa shape index (κ1) is 32.6. The van der Waals surface area contributed by atoms with Crippen molar-refractivity contribution in [1.82, 2.24) is 14.6 Å². The van der Waals surface area contributed by atoms with Crippen LogP contribution in [0, 0.1) is 0 Å². The Morgan fingerprint density at radius 3 is 2.34 bits per heavy atom. The van der Waals surface area contributed by atoms with Crippen molar-refractivity contribution in [2.45, 2.75) is 63.8 Å².